The van der Waals surface area contributed by atoms with Gasteiger partial charge < -0.3 is 5.32 Å². The zero-order chi connectivity index (χ0) is 12.1. The Morgan fingerprint density at radius 3 is 2.59 bits per heavy atom. The number of nitrogens with one attached hydrogen (secondary N) is 1. The van der Waals surface area contributed by atoms with Crippen molar-refractivity contribution in [3.05, 3.63) is 17.5 Å². The van der Waals surface area contributed by atoms with Gasteiger partial charge in [-0.15, -0.1) is 0 Å². The summed E-state index contributed by atoms with van der Waals surface area (Å²) in [6.07, 6.45) is 8.27. The lowest BCUT2D eigenvalue weighted by Crippen LogP contribution is -2.21. The van der Waals surface area contributed by atoms with Gasteiger partial charge in [0.05, 0.1) is 0 Å². The topological polar surface area (TPSA) is 37.8 Å². The monoisotopic (exact) mass is 253 g/mol. The summed E-state index contributed by atoms with van der Waals surface area (Å²) >= 11 is 5.81. The molecule has 0 spiro atoms. The van der Waals surface area contributed by atoms with Crippen LogP contribution in [-0.4, -0.2) is 16.5 Å². The third-order valence-corrected chi connectivity index (χ3v) is 3.96. The van der Waals surface area contributed by atoms with Crippen LogP contribution in [0.5, 0.6) is 0 Å². The highest BCUT2D eigenvalue weighted by atomic mass is 35.5. The van der Waals surface area contributed by atoms with Crippen molar-refractivity contribution >= 4 is 17.4 Å². The Bertz CT molecular complexity index is 348. The van der Waals surface area contributed by atoms with Gasteiger partial charge in [0.25, 0.3) is 0 Å². The predicted octanol–water partition coefficient (Wildman–Crippen LogP) is 3.76. The molecule has 0 unspecified atom stereocenters. The van der Waals surface area contributed by atoms with Gasteiger partial charge >= 0.3 is 0 Å². The molecular weight excluding hydrogens is 234 g/mol. The Kier molecular flexibility index (Phi) is 4.60. The molecule has 1 saturated carbocycles. The first-order valence-corrected chi connectivity index (χ1v) is 6.87. The van der Waals surface area contributed by atoms with Gasteiger partial charge in [-0.1, -0.05) is 37.8 Å². The first-order chi connectivity index (χ1) is 8.28. The molecule has 1 aromatic rings. The van der Waals surface area contributed by atoms with Crippen LogP contribution in [0.4, 0.5) is 5.82 Å². The Labute approximate surface area is 108 Å². The third-order valence-electron chi connectivity index (χ3n) is 3.75. The van der Waals surface area contributed by atoms with Crippen molar-refractivity contribution in [1.82, 2.24) is 9.97 Å². The molecule has 1 aliphatic carbocycles. The summed E-state index contributed by atoms with van der Waals surface area (Å²) in [5.41, 5.74) is 0. The average molecular weight is 254 g/mol. The summed E-state index contributed by atoms with van der Waals surface area (Å²) in [5.74, 6) is 2.58. The first kappa shape index (κ1) is 12.6. The van der Waals surface area contributed by atoms with E-state index in [-0.39, 0.29) is 0 Å². The number of halogens is 1. The predicted molar refractivity (Wildman–Crippen MR) is 71.3 cm³/mol. The minimum atomic E-state index is 0.497. The standard InChI is InChI=1S/C13H20ClN3/c1-2-10-3-5-11(6-4-10)8-15-13-7-12(14)16-9-17-13/h7,9-11H,2-6,8H2,1H3,(H,15,16,17). The van der Waals surface area contributed by atoms with Crippen molar-refractivity contribution in [2.24, 2.45) is 11.8 Å². The maximum absolute atomic E-state index is 5.81. The highest BCUT2D eigenvalue weighted by molar-refractivity contribution is 6.29. The number of hydrogen-bond donors (Lipinski definition) is 1. The van der Waals surface area contributed by atoms with E-state index in [9.17, 15) is 0 Å². The van der Waals surface area contributed by atoms with E-state index in [1.54, 1.807) is 6.07 Å². The van der Waals surface area contributed by atoms with Gasteiger partial charge in [0.2, 0.25) is 0 Å². The van der Waals surface area contributed by atoms with Crippen LogP contribution in [0.2, 0.25) is 5.15 Å². The molecule has 0 amide bonds. The van der Waals surface area contributed by atoms with Crippen LogP contribution in [0.25, 0.3) is 0 Å². The molecule has 1 heterocycles. The van der Waals surface area contributed by atoms with Crippen molar-refractivity contribution in [2.45, 2.75) is 39.0 Å². The number of nitrogens with zero attached hydrogens (tertiary/aromatic N) is 2. The van der Waals surface area contributed by atoms with Gasteiger partial charge in [0.1, 0.15) is 17.3 Å². The Balaban J connectivity index is 1.76. The van der Waals surface area contributed by atoms with Crippen molar-refractivity contribution in [3.8, 4) is 0 Å². The van der Waals surface area contributed by atoms with Crippen molar-refractivity contribution < 1.29 is 0 Å². The molecule has 0 radical (unpaired) electrons. The summed E-state index contributed by atoms with van der Waals surface area (Å²) in [6.45, 7) is 3.30. The maximum Gasteiger partial charge on any atom is 0.134 e. The van der Waals surface area contributed by atoms with Crippen LogP contribution in [-0.2, 0) is 0 Å². The van der Waals surface area contributed by atoms with Crippen molar-refractivity contribution in [2.75, 3.05) is 11.9 Å². The summed E-state index contributed by atoms with van der Waals surface area (Å²) in [4.78, 5) is 8.02. The second-order valence-corrected chi connectivity index (χ2v) is 5.29. The van der Waals surface area contributed by atoms with Gasteiger partial charge in [-0.3, -0.25) is 0 Å². The molecule has 1 aliphatic rings. The maximum atomic E-state index is 5.81. The summed E-state index contributed by atoms with van der Waals surface area (Å²) in [7, 11) is 0. The van der Waals surface area contributed by atoms with E-state index < -0.39 is 0 Å². The van der Waals surface area contributed by atoms with Crippen LogP contribution < -0.4 is 5.32 Å². The fourth-order valence-electron chi connectivity index (χ4n) is 2.52. The van der Waals surface area contributed by atoms with Gasteiger partial charge in [-0.05, 0) is 24.7 Å². The summed E-state index contributed by atoms with van der Waals surface area (Å²) < 4.78 is 0. The van der Waals surface area contributed by atoms with Gasteiger partial charge in [-0.25, -0.2) is 9.97 Å². The Hall–Kier alpha value is -0.830. The minimum Gasteiger partial charge on any atom is -0.370 e. The number of aromatic nitrogens is 2. The van der Waals surface area contributed by atoms with Crippen LogP contribution in [0.3, 0.4) is 0 Å². The van der Waals surface area contributed by atoms with Crippen LogP contribution in [0.1, 0.15) is 39.0 Å². The molecule has 0 bridgehead atoms. The molecule has 17 heavy (non-hydrogen) atoms. The highest BCUT2D eigenvalue weighted by Gasteiger charge is 2.19. The lowest BCUT2D eigenvalue weighted by molar-refractivity contribution is 0.278. The van der Waals surface area contributed by atoms with Gasteiger partial charge in [0, 0.05) is 12.6 Å². The van der Waals surface area contributed by atoms with E-state index >= 15 is 0 Å². The molecular formula is C13H20ClN3. The zero-order valence-corrected chi connectivity index (χ0v) is 11.1. The lowest BCUT2D eigenvalue weighted by Gasteiger charge is -2.27. The average Bonchev–Trinajstić information content (AvgIpc) is 2.37. The fraction of sp³-hybridized carbons (Fsp3) is 0.692. The molecule has 0 saturated heterocycles. The Morgan fingerprint density at radius 2 is 1.94 bits per heavy atom. The van der Waals surface area contributed by atoms with Crippen LogP contribution in [0.15, 0.2) is 12.4 Å². The number of anilines is 1. The van der Waals surface area contributed by atoms with E-state index in [1.165, 1.54) is 38.4 Å². The summed E-state index contributed by atoms with van der Waals surface area (Å²) in [5, 5.41) is 3.85. The van der Waals surface area contributed by atoms with Crippen LogP contribution in [0, 0.1) is 11.8 Å². The largest absolute Gasteiger partial charge is 0.370 e. The minimum absolute atomic E-state index is 0.497. The normalized spacial score (nSPS) is 24.6. The lowest BCUT2D eigenvalue weighted by atomic mass is 9.81. The van der Waals surface area contributed by atoms with Crippen molar-refractivity contribution in [3.63, 3.8) is 0 Å². The highest BCUT2D eigenvalue weighted by Crippen LogP contribution is 2.30. The second kappa shape index (κ2) is 6.20. The molecule has 94 valence electrons. The molecule has 1 N–H and O–H groups in total. The SMILES string of the molecule is CCC1CCC(CNc2cc(Cl)ncn2)CC1. The number of rotatable bonds is 4. The molecule has 0 aromatic carbocycles. The van der Waals surface area contributed by atoms with E-state index in [0.717, 1.165) is 24.2 Å². The van der Waals surface area contributed by atoms with Gasteiger partial charge in [-0.2, -0.15) is 0 Å². The fourth-order valence-corrected chi connectivity index (χ4v) is 2.67. The van der Waals surface area contributed by atoms with Gasteiger partial charge in [0.15, 0.2) is 0 Å². The van der Waals surface area contributed by atoms with E-state index in [0.29, 0.717) is 5.15 Å². The molecule has 1 fully saturated rings. The van der Waals surface area contributed by atoms with E-state index in [1.807, 2.05) is 0 Å². The first-order valence-electron chi connectivity index (χ1n) is 6.49. The third kappa shape index (κ3) is 3.84. The second-order valence-electron chi connectivity index (χ2n) is 4.90. The zero-order valence-electron chi connectivity index (χ0n) is 10.3. The smallest absolute Gasteiger partial charge is 0.134 e. The quantitative estimate of drug-likeness (QED) is 0.831. The number of hydrogen-bond acceptors (Lipinski definition) is 3. The molecule has 1 aromatic heterocycles. The van der Waals surface area contributed by atoms with E-state index in [2.05, 4.69) is 22.2 Å². The molecule has 0 aliphatic heterocycles. The molecule has 3 nitrogen and oxygen atoms in total. The van der Waals surface area contributed by atoms with Crippen molar-refractivity contribution in [1.29, 1.82) is 0 Å². The Morgan fingerprint density at radius 1 is 1.24 bits per heavy atom. The van der Waals surface area contributed by atoms with E-state index in [4.69, 9.17) is 11.6 Å². The summed E-state index contributed by atoms with van der Waals surface area (Å²) in [6, 6.07) is 1.78. The molecule has 0 atom stereocenters. The molecule has 4 heteroatoms. The van der Waals surface area contributed by atoms with Crippen LogP contribution >= 0.6 is 11.6 Å². The molecule has 2 rings (SSSR count).